The van der Waals surface area contributed by atoms with Crippen molar-refractivity contribution < 1.29 is 24.3 Å². The van der Waals surface area contributed by atoms with Gasteiger partial charge >= 0.3 is 5.97 Å². The summed E-state index contributed by atoms with van der Waals surface area (Å²) in [5, 5.41) is 19.0. The van der Waals surface area contributed by atoms with Crippen molar-refractivity contribution in [2.24, 2.45) is 28.1 Å². The molecule has 0 spiro atoms. The quantitative estimate of drug-likeness (QED) is 0.0613. The number of amides is 3. The summed E-state index contributed by atoms with van der Waals surface area (Å²) in [6.45, 7) is 3.96. The fraction of sp³-hybridized carbons (Fsp3) is 0.406. The highest BCUT2D eigenvalue weighted by atomic mass is 16.4. The molecule has 0 aliphatic carbocycles. The molecule has 0 aliphatic rings. The van der Waals surface area contributed by atoms with E-state index in [1.165, 1.54) is 0 Å². The monoisotopic (exact) mass is 620 g/mol. The van der Waals surface area contributed by atoms with Gasteiger partial charge in [-0.25, -0.2) is 4.79 Å². The van der Waals surface area contributed by atoms with Crippen LogP contribution in [-0.4, -0.2) is 70.5 Å². The third kappa shape index (κ3) is 10.3. The van der Waals surface area contributed by atoms with Gasteiger partial charge < -0.3 is 43.2 Å². The summed E-state index contributed by atoms with van der Waals surface area (Å²) < 4.78 is 0. The number of hydrogen-bond donors (Lipinski definition) is 8. The first-order chi connectivity index (χ1) is 21.5. The van der Waals surface area contributed by atoms with Crippen molar-refractivity contribution in [1.29, 1.82) is 0 Å². The van der Waals surface area contributed by atoms with Crippen LogP contribution < -0.4 is 33.2 Å². The molecule has 0 saturated carbocycles. The number of aromatic amines is 1. The predicted octanol–water partition coefficient (Wildman–Crippen LogP) is 0.919. The number of H-pyrrole nitrogens is 1. The van der Waals surface area contributed by atoms with Gasteiger partial charge in [0.1, 0.15) is 18.1 Å². The highest BCUT2D eigenvalue weighted by Gasteiger charge is 2.33. The average molecular weight is 621 g/mol. The summed E-state index contributed by atoms with van der Waals surface area (Å²) >= 11 is 0. The number of aliphatic carboxylic acids is 1. The number of hydrogen-bond acceptors (Lipinski definition) is 6. The molecule has 0 radical (unpaired) electrons. The van der Waals surface area contributed by atoms with E-state index >= 15 is 0 Å². The minimum Gasteiger partial charge on any atom is -0.480 e. The number of guanidine groups is 1. The van der Waals surface area contributed by atoms with Crippen molar-refractivity contribution in [1.82, 2.24) is 20.9 Å². The van der Waals surface area contributed by atoms with Crippen molar-refractivity contribution >= 4 is 40.6 Å². The number of rotatable bonds is 17. The van der Waals surface area contributed by atoms with Crippen LogP contribution >= 0.6 is 0 Å². The molecule has 3 aromatic rings. The van der Waals surface area contributed by atoms with Crippen LogP contribution in [0.3, 0.4) is 0 Å². The number of para-hydroxylation sites is 1. The summed E-state index contributed by atoms with van der Waals surface area (Å²) in [6, 6.07) is 12.3. The Morgan fingerprint density at radius 2 is 1.56 bits per heavy atom. The van der Waals surface area contributed by atoms with Gasteiger partial charge in [-0.2, -0.15) is 0 Å². The molecule has 3 rings (SSSR count). The van der Waals surface area contributed by atoms with Crippen LogP contribution in [0.25, 0.3) is 10.9 Å². The molecule has 242 valence electrons. The van der Waals surface area contributed by atoms with Crippen molar-refractivity contribution in [3.8, 4) is 0 Å². The second kappa shape index (κ2) is 16.8. The van der Waals surface area contributed by atoms with Gasteiger partial charge in [-0.15, -0.1) is 0 Å². The Bertz CT molecular complexity index is 1470. The molecular formula is C32H44N8O5. The first-order valence-corrected chi connectivity index (χ1v) is 15.0. The molecule has 13 heteroatoms. The number of carboxylic acid groups (broad SMARTS) is 1. The third-order valence-electron chi connectivity index (χ3n) is 7.73. The molecule has 0 aliphatic heterocycles. The van der Waals surface area contributed by atoms with Gasteiger partial charge in [0.05, 0.1) is 6.04 Å². The maximum Gasteiger partial charge on any atom is 0.326 e. The van der Waals surface area contributed by atoms with E-state index in [-0.39, 0.29) is 31.1 Å². The van der Waals surface area contributed by atoms with Gasteiger partial charge in [0.25, 0.3) is 0 Å². The smallest absolute Gasteiger partial charge is 0.326 e. The highest BCUT2D eigenvalue weighted by Crippen LogP contribution is 2.19. The summed E-state index contributed by atoms with van der Waals surface area (Å²) in [4.78, 5) is 59.5. The molecule has 11 N–H and O–H groups in total. The first kappa shape index (κ1) is 34.6. The van der Waals surface area contributed by atoms with Crippen molar-refractivity contribution in [3.05, 3.63) is 71.9 Å². The average Bonchev–Trinajstić information content (AvgIpc) is 3.43. The van der Waals surface area contributed by atoms with Gasteiger partial charge in [0.2, 0.25) is 17.7 Å². The third-order valence-corrected chi connectivity index (χ3v) is 7.73. The van der Waals surface area contributed by atoms with E-state index in [2.05, 4.69) is 25.9 Å². The largest absolute Gasteiger partial charge is 0.480 e. The molecule has 0 bridgehead atoms. The van der Waals surface area contributed by atoms with E-state index in [0.29, 0.717) is 19.4 Å². The maximum absolute atomic E-state index is 13.7. The Morgan fingerprint density at radius 1 is 0.889 bits per heavy atom. The molecule has 0 fully saturated rings. The number of benzene rings is 2. The molecule has 5 unspecified atom stereocenters. The summed E-state index contributed by atoms with van der Waals surface area (Å²) in [6.07, 6.45) is 3.18. The van der Waals surface area contributed by atoms with Gasteiger partial charge in [0.15, 0.2) is 5.96 Å². The lowest BCUT2D eigenvalue weighted by Crippen LogP contribution is -2.59. The molecule has 3 amide bonds. The summed E-state index contributed by atoms with van der Waals surface area (Å²) in [7, 11) is 0. The Hall–Kier alpha value is -4.91. The second-order valence-corrected chi connectivity index (χ2v) is 11.1. The van der Waals surface area contributed by atoms with Gasteiger partial charge in [0, 0.05) is 36.5 Å². The number of carbonyl (C=O) groups is 4. The number of carboxylic acids is 1. The lowest BCUT2D eigenvalue weighted by Gasteiger charge is -2.28. The molecular weight excluding hydrogens is 576 g/mol. The van der Waals surface area contributed by atoms with Crippen LogP contribution in [0.2, 0.25) is 0 Å². The van der Waals surface area contributed by atoms with E-state index in [0.717, 1.165) is 22.0 Å². The van der Waals surface area contributed by atoms with Gasteiger partial charge in [-0.05, 0) is 36.0 Å². The van der Waals surface area contributed by atoms with Crippen molar-refractivity contribution in [2.45, 2.75) is 70.1 Å². The Morgan fingerprint density at radius 3 is 2.22 bits per heavy atom. The van der Waals surface area contributed by atoms with Gasteiger partial charge in [-0.1, -0.05) is 68.8 Å². The Kier molecular flexibility index (Phi) is 12.9. The standard InChI is InChI=1S/C32H44N8O5/c1-3-19(2)27(30(43)39-26(31(44)45)17-21-18-37-24-14-8-7-12-22(21)24)40-29(42)25(16-20-10-5-4-6-11-20)38-28(41)23(33)13-9-15-36-32(34)35/h4-8,10-12,14,18-19,23,25-27,37H,3,9,13,15-17,33H2,1-2H3,(H,38,41)(H,39,43)(H,40,42)(H,44,45)(H4,34,35,36). The molecule has 13 nitrogen and oxygen atoms in total. The number of nitrogens with zero attached hydrogens (tertiary/aromatic N) is 1. The molecule has 0 saturated heterocycles. The minimum absolute atomic E-state index is 0.0417. The Labute approximate surface area is 262 Å². The van der Waals surface area contributed by atoms with E-state index in [1.807, 2.05) is 61.5 Å². The normalized spacial score (nSPS) is 14.4. The fourth-order valence-corrected chi connectivity index (χ4v) is 4.93. The van der Waals surface area contributed by atoms with Crippen molar-refractivity contribution in [3.63, 3.8) is 0 Å². The van der Waals surface area contributed by atoms with E-state index in [9.17, 15) is 24.3 Å². The van der Waals surface area contributed by atoms with Crippen LogP contribution in [0, 0.1) is 5.92 Å². The fourth-order valence-electron chi connectivity index (χ4n) is 4.93. The lowest BCUT2D eigenvalue weighted by atomic mass is 9.96. The number of nitrogens with one attached hydrogen (secondary N) is 4. The predicted molar refractivity (Wildman–Crippen MR) is 173 cm³/mol. The Balaban J connectivity index is 1.75. The number of aliphatic imine (C=N–C) groups is 1. The minimum atomic E-state index is -1.24. The van der Waals surface area contributed by atoms with Crippen LogP contribution in [0.15, 0.2) is 65.8 Å². The lowest BCUT2D eigenvalue weighted by molar-refractivity contribution is -0.142. The number of nitrogens with two attached hydrogens (primary N) is 3. The van der Waals surface area contributed by atoms with E-state index < -0.39 is 47.9 Å². The topological polar surface area (TPSA) is 231 Å². The van der Waals surface area contributed by atoms with Crippen LogP contribution in [0.1, 0.15) is 44.2 Å². The molecule has 1 aromatic heterocycles. The maximum atomic E-state index is 13.7. The van der Waals surface area contributed by atoms with Gasteiger partial charge in [-0.3, -0.25) is 19.4 Å². The SMILES string of the molecule is CCC(C)C(NC(=O)C(Cc1ccccc1)NC(=O)C(N)CCCN=C(N)N)C(=O)NC(Cc1c[nH]c2ccccc12)C(=O)O. The summed E-state index contributed by atoms with van der Waals surface area (Å²) in [5.74, 6) is -3.37. The zero-order valence-corrected chi connectivity index (χ0v) is 25.7. The highest BCUT2D eigenvalue weighted by molar-refractivity contribution is 5.94. The molecule has 5 atom stereocenters. The van der Waals surface area contributed by atoms with Crippen molar-refractivity contribution in [2.75, 3.05) is 6.54 Å². The van der Waals surface area contributed by atoms with Crippen LogP contribution in [-0.2, 0) is 32.0 Å². The first-order valence-electron chi connectivity index (χ1n) is 15.0. The summed E-state index contributed by atoms with van der Waals surface area (Å²) in [5.41, 5.74) is 19.1. The van der Waals surface area contributed by atoms with E-state index in [1.54, 1.807) is 13.1 Å². The zero-order valence-electron chi connectivity index (χ0n) is 25.7. The number of aromatic nitrogens is 1. The molecule has 2 aromatic carbocycles. The zero-order chi connectivity index (χ0) is 32.9. The van der Waals surface area contributed by atoms with Crippen LogP contribution in [0.5, 0.6) is 0 Å². The number of carbonyl (C=O) groups excluding carboxylic acids is 3. The van der Waals surface area contributed by atoms with E-state index in [4.69, 9.17) is 17.2 Å². The van der Waals surface area contributed by atoms with Crippen LogP contribution in [0.4, 0.5) is 0 Å². The molecule has 1 heterocycles. The number of fused-ring (bicyclic) bond motifs is 1. The molecule has 45 heavy (non-hydrogen) atoms. The second-order valence-electron chi connectivity index (χ2n) is 11.1.